The van der Waals surface area contributed by atoms with Gasteiger partial charge >= 0.3 is 5.97 Å². The number of unbranched alkanes of at least 4 members (excludes halogenated alkanes) is 1. The summed E-state index contributed by atoms with van der Waals surface area (Å²) in [5.74, 6) is 0.548. The van der Waals surface area contributed by atoms with Crippen LogP contribution < -0.4 is 14.8 Å². The second kappa shape index (κ2) is 10.7. The van der Waals surface area contributed by atoms with E-state index < -0.39 is 18.8 Å². The summed E-state index contributed by atoms with van der Waals surface area (Å²) in [6, 6.07) is 11.0. The number of nitrogens with zero attached hydrogens (tertiary/aromatic N) is 3. The van der Waals surface area contributed by atoms with Crippen molar-refractivity contribution in [2.75, 3.05) is 17.7 Å². The van der Waals surface area contributed by atoms with E-state index in [-0.39, 0.29) is 0 Å². The third-order valence-electron chi connectivity index (χ3n) is 4.72. The first kappa shape index (κ1) is 23.8. The van der Waals surface area contributed by atoms with E-state index in [4.69, 9.17) is 14.6 Å². The highest BCUT2D eigenvalue weighted by Crippen LogP contribution is 2.42. The van der Waals surface area contributed by atoms with Crippen molar-refractivity contribution in [3.8, 4) is 22.9 Å². The smallest absolute Gasteiger partial charge is 0.341 e. The number of benzene rings is 2. The van der Waals surface area contributed by atoms with Crippen LogP contribution in [0.5, 0.6) is 11.6 Å². The number of halogens is 2. The fraction of sp³-hybridized carbons (Fsp3) is 0.273. The fourth-order valence-corrected chi connectivity index (χ4v) is 4.78. The highest BCUT2D eigenvalue weighted by molar-refractivity contribution is 9.10. The Balaban J connectivity index is 1.77. The lowest BCUT2D eigenvalue weighted by Crippen LogP contribution is -2.19. The number of hydrogen-bond donors (Lipinski definition) is 2. The lowest BCUT2D eigenvalue weighted by Gasteiger charge is -2.22. The lowest BCUT2D eigenvalue weighted by molar-refractivity contribution is -0.139. The molecule has 0 spiro atoms. The number of carboxylic acid groups (broad SMARTS) is 1. The SMILES string of the molecule is CCCCSc1nnc2c(n1)O[C@@H](c1cc(Br)ccc1OCC(=O)O)Nc1ccc(Br)cc1-2. The maximum absolute atomic E-state index is 11.1. The van der Waals surface area contributed by atoms with Crippen LogP contribution in [0.3, 0.4) is 0 Å². The Morgan fingerprint density at radius 3 is 2.79 bits per heavy atom. The standard InChI is InChI=1S/C22H20Br2N4O4S/c1-2-3-8-33-22-26-21-19(27-28-22)14-9-12(23)4-6-16(14)25-20(32-21)15-10-13(24)5-7-17(15)31-11-18(29)30/h4-7,9-10,20,25H,2-3,8,11H2,1H3,(H,29,30)/t20-/m0/s1. The Labute approximate surface area is 211 Å². The predicted octanol–water partition coefficient (Wildman–Crippen LogP) is 5.92. The van der Waals surface area contributed by atoms with Gasteiger partial charge in [-0.05, 0) is 42.8 Å². The van der Waals surface area contributed by atoms with E-state index in [1.54, 1.807) is 12.1 Å². The average Bonchev–Trinajstić information content (AvgIpc) is 2.94. The molecule has 1 atom stereocenters. The molecule has 2 aromatic carbocycles. The summed E-state index contributed by atoms with van der Waals surface area (Å²) in [6.45, 7) is 1.66. The second-order valence-electron chi connectivity index (χ2n) is 7.15. The third kappa shape index (κ3) is 5.77. The molecule has 1 aliphatic rings. The molecule has 0 bridgehead atoms. The maximum Gasteiger partial charge on any atom is 0.341 e. The van der Waals surface area contributed by atoms with Crippen molar-refractivity contribution < 1.29 is 19.4 Å². The molecule has 1 aromatic heterocycles. The Bertz CT molecular complexity index is 1180. The van der Waals surface area contributed by atoms with E-state index in [9.17, 15) is 4.79 Å². The molecule has 8 nitrogen and oxygen atoms in total. The molecule has 2 N–H and O–H groups in total. The quantitative estimate of drug-likeness (QED) is 0.242. The molecule has 11 heteroatoms. The number of aliphatic carboxylic acids is 1. The minimum absolute atomic E-state index is 0.336. The van der Waals surface area contributed by atoms with Crippen LogP contribution in [0.25, 0.3) is 11.3 Å². The van der Waals surface area contributed by atoms with Gasteiger partial charge in [0, 0.05) is 25.9 Å². The van der Waals surface area contributed by atoms with E-state index in [1.165, 1.54) is 11.8 Å². The molecule has 0 amide bonds. The van der Waals surface area contributed by atoms with Crippen LogP contribution in [0.2, 0.25) is 0 Å². The molecule has 3 aromatic rings. The predicted molar refractivity (Wildman–Crippen MR) is 133 cm³/mol. The van der Waals surface area contributed by atoms with Crippen LogP contribution in [0.4, 0.5) is 5.69 Å². The van der Waals surface area contributed by atoms with Gasteiger partial charge < -0.3 is 19.9 Å². The van der Waals surface area contributed by atoms with Crippen molar-refractivity contribution >= 4 is 55.3 Å². The maximum atomic E-state index is 11.1. The van der Waals surface area contributed by atoms with E-state index in [0.29, 0.717) is 28.0 Å². The first-order chi connectivity index (χ1) is 15.9. The number of thioether (sulfide) groups is 1. The number of anilines is 1. The normalized spacial score (nSPS) is 14.3. The van der Waals surface area contributed by atoms with Gasteiger partial charge in [-0.3, -0.25) is 0 Å². The molecule has 0 aliphatic carbocycles. The largest absolute Gasteiger partial charge is 0.481 e. The Morgan fingerprint density at radius 1 is 1.21 bits per heavy atom. The summed E-state index contributed by atoms with van der Waals surface area (Å²) in [7, 11) is 0. The van der Waals surface area contributed by atoms with Gasteiger partial charge in [0.2, 0.25) is 17.3 Å². The molecule has 33 heavy (non-hydrogen) atoms. The van der Waals surface area contributed by atoms with Crippen molar-refractivity contribution in [3.63, 3.8) is 0 Å². The molecule has 0 fully saturated rings. The molecule has 0 radical (unpaired) electrons. The van der Waals surface area contributed by atoms with Crippen LogP contribution >= 0.6 is 43.6 Å². The number of carbonyl (C=O) groups is 1. The molecule has 0 unspecified atom stereocenters. The molecule has 2 heterocycles. The van der Waals surface area contributed by atoms with Crippen molar-refractivity contribution in [1.82, 2.24) is 15.2 Å². The Morgan fingerprint density at radius 2 is 2.00 bits per heavy atom. The van der Waals surface area contributed by atoms with Crippen LogP contribution in [0.1, 0.15) is 31.6 Å². The number of fused-ring (bicyclic) bond motifs is 3. The molecule has 0 saturated carbocycles. The summed E-state index contributed by atoms with van der Waals surface area (Å²) in [4.78, 5) is 15.7. The monoisotopic (exact) mass is 594 g/mol. The first-order valence-electron chi connectivity index (χ1n) is 10.2. The van der Waals surface area contributed by atoms with Gasteiger partial charge in [0.25, 0.3) is 0 Å². The Hall–Kier alpha value is -2.37. The van der Waals surface area contributed by atoms with Crippen LogP contribution in [0, 0.1) is 0 Å². The molecular weight excluding hydrogens is 576 g/mol. The van der Waals surface area contributed by atoms with E-state index in [2.05, 4.69) is 59.3 Å². The number of carboxylic acids is 1. The summed E-state index contributed by atoms with van der Waals surface area (Å²) in [6.07, 6.45) is 1.42. The molecule has 0 saturated heterocycles. The van der Waals surface area contributed by atoms with Crippen molar-refractivity contribution in [2.45, 2.75) is 31.1 Å². The summed E-state index contributed by atoms with van der Waals surface area (Å²) in [5.41, 5.74) is 2.69. The molecule has 1 aliphatic heterocycles. The minimum atomic E-state index is -1.06. The van der Waals surface area contributed by atoms with Gasteiger partial charge in [-0.25, -0.2) is 4.79 Å². The van der Waals surface area contributed by atoms with Gasteiger partial charge in [-0.2, -0.15) is 4.98 Å². The van der Waals surface area contributed by atoms with E-state index in [0.717, 1.165) is 38.8 Å². The number of rotatable bonds is 8. The second-order valence-corrected chi connectivity index (χ2v) is 10.0. The first-order valence-corrected chi connectivity index (χ1v) is 12.8. The van der Waals surface area contributed by atoms with Crippen molar-refractivity contribution in [1.29, 1.82) is 0 Å². The third-order valence-corrected chi connectivity index (χ3v) is 6.63. The molecule has 172 valence electrons. The van der Waals surface area contributed by atoms with Crippen LogP contribution in [-0.4, -0.2) is 38.6 Å². The van der Waals surface area contributed by atoms with Gasteiger partial charge in [0.1, 0.15) is 5.75 Å². The van der Waals surface area contributed by atoms with Gasteiger partial charge in [0.15, 0.2) is 12.3 Å². The average molecular weight is 596 g/mol. The van der Waals surface area contributed by atoms with Crippen LogP contribution in [0.15, 0.2) is 50.5 Å². The molecular formula is C22H20Br2N4O4S. The topological polar surface area (TPSA) is 106 Å². The Kier molecular flexibility index (Phi) is 7.71. The van der Waals surface area contributed by atoms with Crippen molar-refractivity contribution in [3.05, 3.63) is 50.9 Å². The number of nitrogens with one attached hydrogen (secondary N) is 1. The highest BCUT2D eigenvalue weighted by Gasteiger charge is 2.28. The number of hydrogen-bond acceptors (Lipinski definition) is 8. The van der Waals surface area contributed by atoms with Crippen molar-refractivity contribution in [2.24, 2.45) is 0 Å². The zero-order valence-electron chi connectivity index (χ0n) is 17.5. The van der Waals surface area contributed by atoms with Gasteiger partial charge in [-0.15, -0.1) is 10.2 Å². The summed E-state index contributed by atoms with van der Waals surface area (Å²) < 4.78 is 13.5. The van der Waals surface area contributed by atoms with Crippen LogP contribution in [-0.2, 0) is 4.79 Å². The minimum Gasteiger partial charge on any atom is -0.481 e. The zero-order valence-corrected chi connectivity index (χ0v) is 21.5. The van der Waals surface area contributed by atoms with E-state index in [1.807, 2.05) is 24.3 Å². The summed E-state index contributed by atoms with van der Waals surface area (Å²) >= 11 is 8.53. The highest BCUT2D eigenvalue weighted by atomic mass is 79.9. The fourth-order valence-electron chi connectivity index (χ4n) is 3.17. The van der Waals surface area contributed by atoms with Gasteiger partial charge in [0.05, 0.1) is 5.56 Å². The number of aromatic nitrogens is 3. The van der Waals surface area contributed by atoms with Gasteiger partial charge in [-0.1, -0.05) is 57.0 Å². The zero-order chi connectivity index (χ0) is 23.4. The number of ether oxygens (including phenoxy) is 2. The molecule has 4 rings (SSSR count). The van der Waals surface area contributed by atoms with E-state index >= 15 is 0 Å². The lowest BCUT2D eigenvalue weighted by atomic mass is 10.1. The summed E-state index contributed by atoms with van der Waals surface area (Å²) in [5, 5.41) is 21.7.